The molecule has 1 aromatic heterocycles. The number of ether oxygens (including phenoxy) is 1. The fourth-order valence-electron chi connectivity index (χ4n) is 0.989. The van der Waals surface area contributed by atoms with E-state index in [0.29, 0.717) is 0 Å². The third-order valence-electron chi connectivity index (χ3n) is 1.78. The zero-order chi connectivity index (χ0) is 10.6. The van der Waals surface area contributed by atoms with Gasteiger partial charge in [-0.1, -0.05) is 6.07 Å². The number of hydrogen-bond donors (Lipinski definition) is 1. The SMILES string of the molecule is Cc1cncc(CO[C@@H](C)C(=O)O)c1. The number of carboxylic acids is 1. The lowest BCUT2D eigenvalue weighted by Crippen LogP contribution is -2.19. The molecule has 0 spiro atoms. The van der Waals surface area contributed by atoms with E-state index < -0.39 is 12.1 Å². The van der Waals surface area contributed by atoms with Crippen molar-refractivity contribution in [2.24, 2.45) is 0 Å². The van der Waals surface area contributed by atoms with E-state index in [4.69, 9.17) is 9.84 Å². The van der Waals surface area contributed by atoms with Gasteiger partial charge in [0.2, 0.25) is 0 Å². The van der Waals surface area contributed by atoms with Crippen LogP contribution in [0.25, 0.3) is 0 Å². The maximum atomic E-state index is 10.4. The van der Waals surface area contributed by atoms with Crippen LogP contribution >= 0.6 is 0 Å². The summed E-state index contributed by atoms with van der Waals surface area (Å²) < 4.78 is 5.10. The van der Waals surface area contributed by atoms with Crippen LogP contribution in [0.15, 0.2) is 18.5 Å². The van der Waals surface area contributed by atoms with Crippen molar-refractivity contribution < 1.29 is 14.6 Å². The van der Waals surface area contributed by atoms with Crippen molar-refractivity contribution in [3.63, 3.8) is 0 Å². The third-order valence-corrected chi connectivity index (χ3v) is 1.78. The molecule has 0 amide bonds. The Labute approximate surface area is 82.5 Å². The highest BCUT2D eigenvalue weighted by atomic mass is 16.5. The summed E-state index contributed by atoms with van der Waals surface area (Å²) in [5.74, 6) is -0.953. The molecule has 14 heavy (non-hydrogen) atoms. The number of aliphatic carboxylic acids is 1. The van der Waals surface area contributed by atoms with Crippen LogP contribution in [0.4, 0.5) is 0 Å². The monoisotopic (exact) mass is 195 g/mol. The summed E-state index contributed by atoms with van der Waals surface area (Å²) in [6.45, 7) is 3.71. The lowest BCUT2D eigenvalue weighted by molar-refractivity contribution is -0.149. The van der Waals surface area contributed by atoms with E-state index in [9.17, 15) is 4.79 Å². The number of nitrogens with zero attached hydrogens (tertiary/aromatic N) is 1. The molecule has 1 N–H and O–H groups in total. The topological polar surface area (TPSA) is 59.4 Å². The van der Waals surface area contributed by atoms with Crippen molar-refractivity contribution in [2.45, 2.75) is 26.6 Å². The van der Waals surface area contributed by atoms with Crippen molar-refractivity contribution >= 4 is 5.97 Å². The molecule has 1 heterocycles. The van der Waals surface area contributed by atoms with Crippen LogP contribution in [0.5, 0.6) is 0 Å². The van der Waals surface area contributed by atoms with Crippen LogP contribution < -0.4 is 0 Å². The smallest absolute Gasteiger partial charge is 0.332 e. The Balaban J connectivity index is 2.49. The van der Waals surface area contributed by atoms with Gasteiger partial charge in [-0.3, -0.25) is 4.98 Å². The van der Waals surface area contributed by atoms with E-state index in [-0.39, 0.29) is 6.61 Å². The zero-order valence-corrected chi connectivity index (χ0v) is 8.23. The van der Waals surface area contributed by atoms with Crippen molar-refractivity contribution in [2.75, 3.05) is 0 Å². The van der Waals surface area contributed by atoms with E-state index in [2.05, 4.69) is 4.98 Å². The first-order valence-corrected chi connectivity index (χ1v) is 4.34. The number of aromatic nitrogens is 1. The fraction of sp³-hybridized carbons (Fsp3) is 0.400. The van der Waals surface area contributed by atoms with Gasteiger partial charge in [0, 0.05) is 12.4 Å². The number of aryl methyl sites for hydroxylation is 1. The number of carbonyl (C=O) groups is 1. The second-order valence-electron chi connectivity index (χ2n) is 3.16. The van der Waals surface area contributed by atoms with Gasteiger partial charge in [0.1, 0.15) is 0 Å². The highest BCUT2D eigenvalue weighted by Gasteiger charge is 2.10. The lowest BCUT2D eigenvalue weighted by Gasteiger charge is -2.08. The molecule has 76 valence electrons. The summed E-state index contributed by atoms with van der Waals surface area (Å²) in [6, 6.07) is 1.92. The normalized spacial score (nSPS) is 12.4. The van der Waals surface area contributed by atoms with Crippen LogP contribution in [0.1, 0.15) is 18.1 Å². The number of carboxylic acid groups (broad SMARTS) is 1. The van der Waals surface area contributed by atoms with Gasteiger partial charge in [-0.15, -0.1) is 0 Å². The molecule has 0 aromatic carbocycles. The quantitative estimate of drug-likeness (QED) is 0.788. The molecule has 0 saturated carbocycles. The van der Waals surface area contributed by atoms with E-state index >= 15 is 0 Å². The van der Waals surface area contributed by atoms with E-state index in [1.165, 1.54) is 6.92 Å². The average Bonchev–Trinajstić information content (AvgIpc) is 2.14. The van der Waals surface area contributed by atoms with Crippen molar-refractivity contribution in [3.8, 4) is 0 Å². The van der Waals surface area contributed by atoms with Crippen LogP contribution in [-0.4, -0.2) is 22.2 Å². The summed E-state index contributed by atoms with van der Waals surface area (Å²) in [4.78, 5) is 14.4. The predicted octanol–water partition coefficient (Wildman–Crippen LogP) is 1.38. The first-order valence-electron chi connectivity index (χ1n) is 4.34. The standard InChI is InChI=1S/C10H13NO3/c1-7-3-9(5-11-4-7)6-14-8(2)10(12)13/h3-5,8H,6H2,1-2H3,(H,12,13)/t8-/m0/s1. The summed E-state index contributed by atoms with van der Waals surface area (Å²) >= 11 is 0. The highest BCUT2D eigenvalue weighted by Crippen LogP contribution is 2.04. The zero-order valence-electron chi connectivity index (χ0n) is 8.23. The predicted molar refractivity (Wildman–Crippen MR) is 50.9 cm³/mol. The Kier molecular flexibility index (Phi) is 3.59. The number of hydrogen-bond acceptors (Lipinski definition) is 3. The van der Waals surface area contributed by atoms with E-state index in [1.54, 1.807) is 12.4 Å². The molecule has 4 heteroatoms. The van der Waals surface area contributed by atoms with Gasteiger partial charge in [-0.05, 0) is 25.0 Å². The number of pyridine rings is 1. The van der Waals surface area contributed by atoms with Crippen LogP contribution in [0.3, 0.4) is 0 Å². The summed E-state index contributed by atoms with van der Waals surface area (Å²) in [5, 5.41) is 8.57. The van der Waals surface area contributed by atoms with Gasteiger partial charge >= 0.3 is 5.97 Å². The Hall–Kier alpha value is -1.42. The highest BCUT2D eigenvalue weighted by molar-refractivity contribution is 5.71. The molecule has 4 nitrogen and oxygen atoms in total. The Bertz CT molecular complexity index is 325. The summed E-state index contributed by atoms with van der Waals surface area (Å²) in [7, 11) is 0. The Morgan fingerprint density at radius 3 is 2.93 bits per heavy atom. The molecule has 0 saturated heterocycles. The first kappa shape index (κ1) is 10.7. The molecule has 0 radical (unpaired) electrons. The largest absolute Gasteiger partial charge is 0.479 e. The fourth-order valence-corrected chi connectivity index (χ4v) is 0.989. The minimum Gasteiger partial charge on any atom is -0.479 e. The number of rotatable bonds is 4. The minimum absolute atomic E-state index is 0.280. The second-order valence-corrected chi connectivity index (χ2v) is 3.16. The summed E-state index contributed by atoms with van der Waals surface area (Å²) in [6.07, 6.45) is 2.63. The summed E-state index contributed by atoms with van der Waals surface area (Å²) in [5.41, 5.74) is 1.92. The van der Waals surface area contributed by atoms with Crippen molar-refractivity contribution in [3.05, 3.63) is 29.6 Å². The average molecular weight is 195 g/mol. The van der Waals surface area contributed by atoms with Gasteiger partial charge in [-0.2, -0.15) is 0 Å². The molecule has 1 rings (SSSR count). The molecule has 0 aliphatic heterocycles. The van der Waals surface area contributed by atoms with Gasteiger partial charge in [-0.25, -0.2) is 4.79 Å². The molecule has 0 unspecified atom stereocenters. The van der Waals surface area contributed by atoms with Crippen molar-refractivity contribution in [1.29, 1.82) is 0 Å². The maximum Gasteiger partial charge on any atom is 0.332 e. The molecule has 0 aliphatic rings. The maximum absolute atomic E-state index is 10.4. The van der Waals surface area contributed by atoms with Crippen LogP contribution in [-0.2, 0) is 16.1 Å². The van der Waals surface area contributed by atoms with Gasteiger partial charge in [0.05, 0.1) is 6.61 Å². The lowest BCUT2D eigenvalue weighted by atomic mass is 10.2. The van der Waals surface area contributed by atoms with Crippen molar-refractivity contribution in [1.82, 2.24) is 4.98 Å². The third kappa shape index (κ3) is 3.14. The Morgan fingerprint density at radius 1 is 1.64 bits per heavy atom. The Morgan fingerprint density at radius 2 is 2.36 bits per heavy atom. The molecule has 1 atom stereocenters. The van der Waals surface area contributed by atoms with Gasteiger partial charge in [0.25, 0.3) is 0 Å². The van der Waals surface area contributed by atoms with Crippen LogP contribution in [0.2, 0.25) is 0 Å². The van der Waals surface area contributed by atoms with Crippen LogP contribution in [0, 0.1) is 6.92 Å². The molecule has 0 bridgehead atoms. The molecule has 0 aliphatic carbocycles. The molecule has 1 aromatic rings. The second kappa shape index (κ2) is 4.72. The first-order chi connectivity index (χ1) is 6.59. The van der Waals surface area contributed by atoms with E-state index in [1.807, 2.05) is 13.0 Å². The van der Waals surface area contributed by atoms with Gasteiger partial charge in [0.15, 0.2) is 6.10 Å². The minimum atomic E-state index is -0.953. The molecule has 0 fully saturated rings. The molecular weight excluding hydrogens is 182 g/mol. The van der Waals surface area contributed by atoms with E-state index in [0.717, 1.165) is 11.1 Å². The van der Waals surface area contributed by atoms with Gasteiger partial charge < -0.3 is 9.84 Å². The molecular formula is C10H13NO3.